The lowest BCUT2D eigenvalue weighted by Gasteiger charge is -2.02. The first-order chi connectivity index (χ1) is 8.93. The van der Waals surface area contributed by atoms with Gasteiger partial charge in [-0.1, -0.05) is 23.5 Å². The molecule has 0 fully saturated rings. The van der Waals surface area contributed by atoms with E-state index in [1.165, 1.54) is 20.2 Å². The van der Waals surface area contributed by atoms with E-state index < -0.39 is 0 Å². The summed E-state index contributed by atoms with van der Waals surface area (Å²) in [5.41, 5.74) is 1.19. The molecule has 4 rings (SSSR count). The molecule has 3 aromatic rings. The number of hydrogen-bond donors (Lipinski definition) is 0. The van der Waals surface area contributed by atoms with Crippen LogP contribution in [0.3, 0.4) is 0 Å². The summed E-state index contributed by atoms with van der Waals surface area (Å²) >= 11 is 5.16. The van der Waals surface area contributed by atoms with E-state index in [1.807, 2.05) is 0 Å². The van der Waals surface area contributed by atoms with Crippen LogP contribution >= 0.6 is 34.0 Å². The van der Waals surface area contributed by atoms with E-state index in [-0.39, 0.29) is 0 Å². The van der Waals surface area contributed by atoms with Crippen LogP contribution in [0.15, 0.2) is 35.0 Å². The van der Waals surface area contributed by atoms with Crippen LogP contribution in [0.4, 0.5) is 0 Å². The van der Waals surface area contributed by atoms with Crippen LogP contribution in [0.2, 0.25) is 0 Å². The van der Waals surface area contributed by atoms with Crippen molar-refractivity contribution in [3.63, 3.8) is 0 Å². The van der Waals surface area contributed by atoms with Crippen LogP contribution in [0.1, 0.15) is 0 Å². The topological polar surface area (TPSA) is 18.5 Å². The molecule has 0 amide bonds. The van der Waals surface area contributed by atoms with Crippen LogP contribution < -0.4 is 9.47 Å². The maximum absolute atomic E-state index is 5.63. The van der Waals surface area contributed by atoms with Crippen LogP contribution in [-0.2, 0) is 0 Å². The van der Waals surface area contributed by atoms with Gasteiger partial charge in [-0.2, -0.15) is 0 Å². The Labute approximate surface area is 116 Å². The molecule has 0 saturated carbocycles. The van der Waals surface area contributed by atoms with Crippen LogP contribution in [0.5, 0.6) is 10.8 Å². The SMILES string of the molecule is c1csc(-c2sc3c(c2-c2cccs2)OCO3)c1. The van der Waals surface area contributed by atoms with Gasteiger partial charge in [0.2, 0.25) is 11.9 Å². The highest BCUT2D eigenvalue weighted by molar-refractivity contribution is 7.23. The summed E-state index contributed by atoms with van der Waals surface area (Å²) in [6.07, 6.45) is 0. The van der Waals surface area contributed by atoms with Gasteiger partial charge in [0, 0.05) is 9.75 Å². The van der Waals surface area contributed by atoms with Gasteiger partial charge < -0.3 is 9.47 Å². The summed E-state index contributed by atoms with van der Waals surface area (Å²) in [5, 5.41) is 5.09. The Bertz CT molecular complexity index is 665. The minimum atomic E-state index is 0.338. The van der Waals surface area contributed by atoms with Crippen molar-refractivity contribution in [3.05, 3.63) is 35.0 Å². The van der Waals surface area contributed by atoms with Crippen molar-refractivity contribution in [3.8, 4) is 31.0 Å². The van der Waals surface area contributed by atoms with Crippen molar-refractivity contribution in [2.75, 3.05) is 6.79 Å². The highest BCUT2D eigenvalue weighted by atomic mass is 32.1. The lowest BCUT2D eigenvalue weighted by Crippen LogP contribution is -1.94. The molecule has 0 atom stereocenters. The zero-order chi connectivity index (χ0) is 11.9. The lowest BCUT2D eigenvalue weighted by atomic mass is 10.2. The van der Waals surface area contributed by atoms with E-state index in [0.717, 1.165) is 10.8 Å². The normalized spacial score (nSPS) is 13.1. The molecule has 5 heteroatoms. The summed E-state index contributed by atoms with van der Waals surface area (Å²) in [4.78, 5) is 3.75. The molecule has 3 aromatic heterocycles. The second-order valence-electron chi connectivity index (χ2n) is 3.78. The molecule has 0 unspecified atom stereocenters. The molecule has 4 heterocycles. The highest BCUT2D eigenvalue weighted by Crippen LogP contribution is 2.55. The van der Waals surface area contributed by atoms with E-state index in [4.69, 9.17) is 9.47 Å². The average Bonchev–Trinajstić information content (AvgIpc) is 3.13. The van der Waals surface area contributed by atoms with Gasteiger partial charge in [0.1, 0.15) is 0 Å². The van der Waals surface area contributed by atoms with Crippen LogP contribution in [0, 0.1) is 0 Å². The quantitative estimate of drug-likeness (QED) is 0.666. The van der Waals surface area contributed by atoms with Crippen molar-refractivity contribution >= 4 is 34.0 Å². The fourth-order valence-corrected chi connectivity index (χ4v) is 4.79. The van der Waals surface area contributed by atoms with Crippen molar-refractivity contribution in [1.29, 1.82) is 0 Å². The summed E-state index contributed by atoms with van der Waals surface area (Å²) in [6, 6.07) is 8.41. The Morgan fingerprint density at radius 2 is 1.72 bits per heavy atom. The first-order valence-electron chi connectivity index (χ1n) is 5.43. The van der Waals surface area contributed by atoms with E-state index in [9.17, 15) is 0 Å². The predicted octanol–water partition coefficient (Wildman–Crippen LogP) is 4.93. The molecule has 0 N–H and O–H groups in total. The Balaban J connectivity index is 1.99. The Morgan fingerprint density at radius 3 is 2.44 bits per heavy atom. The predicted molar refractivity (Wildman–Crippen MR) is 77.1 cm³/mol. The first-order valence-corrected chi connectivity index (χ1v) is 8.01. The molecule has 0 saturated heterocycles. The van der Waals surface area contributed by atoms with Gasteiger partial charge in [0.15, 0.2) is 5.75 Å². The first kappa shape index (κ1) is 10.6. The molecule has 1 aliphatic heterocycles. The second kappa shape index (κ2) is 4.12. The fraction of sp³-hybridized carbons (Fsp3) is 0.0769. The highest BCUT2D eigenvalue weighted by Gasteiger charge is 2.27. The van der Waals surface area contributed by atoms with Gasteiger partial charge in [0.05, 0.1) is 10.4 Å². The minimum absolute atomic E-state index is 0.338. The van der Waals surface area contributed by atoms with Crippen LogP contribution in [-0.4, -0.2) is 6.79 Å². The molecule has 0 aliphatic carbocycles. The standard InChI is InChI=1S/C13H8O2S3/c1-3-8(16-5-1)10-11-13(15-7-14-11)18-12(10)9-4-2-6-17-9/h1-6H,7H2. The van der Waals surface area contributed by atoms with Gasteiger partial charge >= 0.3 is 0 Å². The third kappa shape index (κ3) is 1.51. The minimum Gasteiger partial charge on any atom is -0.452 e. The Kier molecular flexibility index (Phi) is 2.43. The number of thiophene rings is 3. The van der Waals surface area contributed by atoms with Crippen LogP contribution in [0.25, 0.3) is 20.2 Å². The Hall–Kier alpha value is -1.30. The molecule has 90 valence electrons. The van der Waals surface area contributed by atoms with Gasteiger partial charge in [-0.05, 0) is 22.9 Å². The molecule has 0 aromatic carbocycles. The zero-order valence-corrected chi connectivity index (χ0v) is 11.7. The second-order valence-corrected chi connectivity index (χ2v) is 6.66. The molecule has 2 nitrogen and oxygen atoms in total. The molecular weight excluding hydrogens is 284 g/mol. The van der Waals surface area contributed by atoms with Gasteiger partial charge in [-0.15, -0.1) is 22.7 Å². The Morgan fingerprint density at radius 1 is 0.944 bits per heavy atom. The summed E-state index contributed by atoms with van der Waals surface area (Å²) in [7, 11) is 0. The molecule has 0 bridgehead atoms. The van der Waals surface area contributed by atoms with Crippen molar-refractivity contribution in [1.82, 2.24) is 0 Å². The van der Waals surface area contributed by atoms with Gasteiger partial charge in [0.25, 0.3) is 0 Å². The van der Waals surface area contributed by atoms with Crippen molar-refractivity contribution in [2.24, 2.45) is 0 Å². The largest absolute Gasteiger partial charge is 0.452 e. The maximum atomic E-state index is 5.63. The summed E-state index contributed by atoms with van der Waals surface area (Å²) in [5.74, 6) is 0.908. The monoisotopic (exact) mass is 292 g/mol. The summed E-state index contributed by atoms with van der Waals surface area (Å²) in [6.45, 7) is 0.338. The van der Waals surface area contributed by atoms with Gasteiger partial charge in [-0.3, -0.25) is 0 Å². The maximum Gasteiger partial charge on any atom is 0.232 e. The summed E-state index contributed by atoms with van der Waals surface area (Å²) < 4.78 is 11.2. The van der Waals surface area contributed by atoms with Gasteiger partial charge in [-0.25, -0.2) is 0 Å². The molecule has 0 spiro atoms. The van der Waals surface area contributed by atoms with E-state index in [2.05, 4.69) is 35.0 Å². The fourth-order valence-electron chi connectivity index (χ4n) is 1.99. The number of fused-ring (bicyclic) bond motifs is 1. The molecule has 18 heavy (non-hydrogen) atoms. The molecular formula is C13H8O2S3. The lowest BCUT2D eigenvalue weighted by molar-refractivity contribution is 0.176. The smallest absolute Gasteiger partial charge is 0.232 e. The van der Waals surface area contributed by atoms with E-state index >= 15 is 0 Å². The third-order valence-electron chi connectivity index (χ3n) is 2.74. The molecule has 0 radical (unpaired) electrons. The van der Waals surface area contributed by atoms with E-state index in [1.54, 1.807) is 34.0 Å². The van der Waals surface area contributed by atoms with E-state index in [0.29, 0.717) is 6.79 Å². The number of hydrogen-bond acceptors (Lipinski definition) is 5. The molecule has 1 aliphatic rings. The van der Waals surface area contributed by atoms with Crippen molar-refractivity contribution < 1.29 is 9.47 Å². The number of rotatable bonds is 2. The average molecular weight is 292 g/mol. The number of ether oxygens (including phenoxy) is 2. The third-order valence-corrected chi connectivity index (χ3v) is 5.76. The zero-order valence-electron chi connectivity index (χ0n) is 9.21. The van der Waals surface area contributed by atoms with Crippen molar-refractivity contribution in [2.45, 2.75) is 0 Å².